The molecular formula is C29H30ClF5N2O4. The summed E-state index contributed by atoms with van der Waals surface area (Å²) in [6, 6.07) is 4.80. The van der Waals surface area contributed by atoms with Crippen LogP contribution in [0.1, 0.15) is 65.1 Å². The van der Waals surface area contributed by atoms with Crippen LogP contribution >= 0.6 is 11.6 Å². The summed E-state index contributed by atoms with van der Waals surface area (Å²) in [5.74, 6) is -2.45. The van der Waals surface area contributed by atoms with E-state index in [-0.39, 0.29) is 28.8 Å². The van der Waals surface area contributed by atoms with Gasteiger partial charge in [-0.1, -0.05) is 11.6 Å². The third kappa shape index (κ3) is 6.94. The van der Waals surface area contributed by atoms with Crippen LogP contribution in [0.25, 0.3) is 0 Å². The number of alkyl halides is 4. The van der Waals surface area contributed by atoms with E-state index in [1.54, 1.807) is 0 Å². The van der Waals surface area contributed by atoms with Gasteiger partial charge in [0, 0.05) is 24.1 Å². The van der Waals surface area contributed by atoms with E-state index in [4.69, 9.17) is 16.3 Å². The van der Waals surface area contributed by atoms with Crippen LogP contribution in [-0.2, 0) is 17.5 Å². The zero-order chi connectivity index (χ0) is 29.5. The number of benzene rings is 2. The van der Waals surface area contributed by atoms with Crippen LogP contribution in [0.4, 0.5) is 22.0 Å². The average molecular weight is 601 g/mol. The summed E-state index contributed by atoms with van der Waals surface area (Å²) >= 11 is 5.91. The smallest absolute Gasteiger partial charge is 0.416 e. The Bertz CT molecular complexity index is 1310. The highest BCUT2D eigenvalue weighted by atomic mass is 35.5. The van der Waals surface area contributed by atoms with Crippen LogP contribution in [0, 0.1) is 11.7 Å². The topological polar surface area (TPSA) is 70.1 Å². The predicted molar refractivity (Wildman–Crippen MR) is 140 cm³/mol. The van der Waals surface area contributed by atoms with Gasteiger partial charge in [-0.25, -0.2) is 13.6 Å². The molecule has 3 fully saturated rings. The number of hydrogen-bond donors (Lipinski definition) is 1. The standard InChI is InChI=1S/C29H30ClF5N2O4/c30-20-8-17(7-19(9-20)29(33,34)35)13-36-5-3-16(4-6-36)15-41-26-12-24(32)23(11-22(26)18-1-2-18)27(38)37-14-21(31)10-25(37)28(39)40/h7-9,11-12,16,18,21,25H,1-6,10,13-15H2,(H,39,40)/t21-,25?/m1/s1. The largest absolute Gasteiger partial charge is 0.493 e. The average Bonchev–Trinajstić information content (AvgIpc) is 3.67. The number of ether oxygens (including phenoxy) is 1. The molecule has 12 heteroatoms. The van der Waals surface area contributed by atoms with Crippen LogP contribution in [-0.4, -0.2) is 65.2 Å². The van der Waals surface area contributed by atoms with E-state index in [1.165, 1.54) is 12.1 Å². The fraction of sp³-hybridized carbons (Fsp3) is 0.517. The van der Waals surface area contributed by atoms with Gasteiger partial charge in [-0.05, 0) is 86.0 Å². The molecule has 6 nitrogen and oxygen atoms in total. The number of piperidine rings is 1. The first-order valence-electron chi connectivity index (χ1n) is 13.6. The third-order valence-electron chi connectivity index (χ3n) is 8.02. The molecule has 222 valence electrons. The Morgan fingerprint density at radius 3 is 2.39 bits per heavy atom. The number of halogens is 6. The highest BCUT2D eigenvalue weighted by Crippen LogP contribution is 2.45. The lowest BCUT2D eigenvalue weighted by molar-refractivity contribution is -0.141. The van der Waals surface area contributed by atoms with Gasteiger partial charge in [0.15, 0.2) is 0 Å². The molecule has 1 aliphatic carbocycles. The van der Waals surface area contributed by atoms with Gasteiger partial charge in [0.25, 0.3) is 5.91 Å². The zero-order valence-corrected chi connectivity index (χ0v) is 22.9. The van der Waals surface area contributed by atoms with E-state index >= 15 is 4.39 Å². The molecule has 2 saturated heterocycles. The number of nitrogens with zero attached hydrogens (tertiary/aromatic N) is 2. The second-order valence-corrected chi connectivity index (χ2v) is 11.6. The second-order valence-electron chi connectivity index (χ2n) is 11.2. The van der Waals surface area contributed by atoms with Crippen LogP contribution in [0.15, 0.2) is 30.3 Å². The molecule has 2 aromatic carbocycles. The highest BCUT2D eigenvalue weighted by molar-refractivity contribution is 6.30. The van der Waals surface area contributed by atoms with Crippen LogP contribution < -0.4 is 4.74 Å². The number of aliphatic carboxylic acids is 1. The van der Waals surface area contributed by atoms with E-state index < -0.39 is 48.2 Å². The molecule has 0 radical (unpaired) electrons. The Morgan fingerprint density at radius 1 is 1.05 bits per heavy atom. The Labute approximate surface area is 239 Å². The van der Waals surface area contributed by atoms with Crippen LogP contribution in [0.3, 0.4) is 0 Å². The number of hydrogen-bond acceptors (Lipinski definition) is 4. The first kappa shape index (κ1) is 29.6. The summed E-state index contributed by atoms with van der Waals surface area (Å²) in [5, 5.41) is 9.42. The Morgan fingerprint density at radius 2 is 1.76 bits per heavy atom. The third-order valence-corrected chi connectivity index (χ3v) is 8.23. The molecule has 0 aromatic heterocycles. The molecule has 0 bridgehead atoms. The number of carbonyl (C=O) groups is 2. The minimum Gasteiger partial charge on any atom is -0.493 e. The Hall–Kier alpha value is -2.92. The van der Waals surface area contributed by atoms with E-state index in [1.807, 2.05) is 0 Å². The van der Waals surface area contributed by atoms with Crippen molar-refractivity contribution in [3.8, 4) is 5.75 Å². The molecule has 41 heavy (non-hydrogen) atoms. The van der Waals surface area contributed by atoms with Gasteiger partial charge < -0.3 is 14.7 Å². The van der Waals surface area contributed by atoms with Crippen molar-refractivity contribution in [1.82, 2.24) is 9.80 Å². The van der Waals surface area contributed by atoms with Gasteiger partial charge in [0.2, 0.25) is 0 Å². The van der Waals surface area contributed by atoms with E-state index in [0.29, 0.717) is 43.1 Å². The lowest BCUT2D eigenvalue weighted by Crippen LogP contribution is -2.41. The molecule has 3 aliphatic rings. The lowest BCUT2D eigenvalue weighted by Gasteiger charge is -2.32. The fourth-order valence-corrected chi connectivity index (χ4v) is 5.91. The maximum atomic E-state index is 15.1. The van der Waals surface area contributed by atoms with Crippen molar-refractivity contribution in [2.75, 3.05) is 26.2 Å². The molecule has 2 heterocycles. The molecule has 1 unspecified atom stereocenters. The van der Waals surface area contributed by atoms with E-state index in [2.05, 4.69) is 4.90 Å². The van der Waals surface area contributed by atoms with Crippen molar-refractivity contribution >= 4 is 23.5 Å². The van der Waals surface area contributed by atoms with Crippen molar-refractivity contribution < 1.29 is 41.4 Å². The molecule has 1 N–H and O–H groups in total. The SMILES string of the molecule is O=C(O)C1C[C@@H](F)CN1C(=O)c1cc(C2CC2)c(OCC2CCN(Cc3cc(Cl)cc(C(F)(F)F)c3)CC2)cc1F. The number of carboxylic acids is 1. The molecule has 2 aromatic rings. The van der Waals surface area contributed by atoms with Gasteiger partial charge in [-0.3, -0.25) is 9.69 Å². The first-order chi connectivity index (χ1) is 19.4. The number of likely N-dealkylation sites (tertiary alicyclic amines) is 2. The van der Waals surface area contributed by atoms with E-state index in [0.717, 1.165) is 48.8 Å². The number of amides is 1. The summed E-state index contributed by atoms with van der Waals surface area (Å²) in [4.78, 5) is 27.5. The minimum atomic E-state index is -4.47. The van der Waals surface area contributed by atoms with Crippen LogP contribution in [0.5, 0.6) is 5.75 Å². The van der Waals surface area contributed by atoms with Gasteiger partial charge in [-0.2, -0.15) is 13.2 Å². The fourth-order valence-electron chi connectivity index (χ4n) is 5.65. The number of rotatable bonds is 8. The second kappa shape index (κ2) is 11.8. The van der Waals surface area contributed by atoms with Crippen LogP contribution in [0.2, 0.25) is 5.02 Å². The summed E-state index contributed by atoms with van der Waals surface area (Å²) in [6.07, 6.45) is -3.11. The molecule has 1 amide bonds. The molecule has 1 saturated carbocycles. The molecule has 5 rings (SSSR count). The van der Waals surface area contributed by atoms with Gasteiger partial charge in [-0.15, -0.1) is 0 Å². The Balaban J connectivity index is 1.20. The quantitative estimate of drug-likeness (QED) is 0.360. The first-order valence-corrected chi connectivity index (χ1v) is 14.0. The van der Waals surface area contributed by atoms with Gasteiger partial charge in [0.05, 0.1) is 24.3 Å². The summed E-state index contributed by atoms with van der Waals surface area (Å²) in [5.41, 5.74) is 0.104. The van der Waals surface area contributed by atoms with Crippen molar-refractivity contribution in [3.63, 3.8) is 0 Å². The molecular weight excluding hydrogens is 571 g/mol. The van der Waals surface area contributed by atoms with Crippen molar-refractivity contribution in [2.45, 2.75) is 63.0 Å². The lowest BCUT2D eigenvalue weighted by atomic mass is 9.97. The highest BCUT2D eigenvalue weighted by Gasteiger charge is 2.41. The predicted octanol–water partition coefficient (Wildman–Crippen LogP) is 6.30. The van der Waals surface area contributed by atoms with E-state index in [9.17, 15) is 32.3 Å². The molecule has 2 aliphatic heterocycles. The zero-order valence-electron chi connectivity index (χ0n) is 22.1. The number of carbonyl (C=O) groups excluding carboxylic acids is 1. The number of carboxylic acid groups (broad SMARTS) is 1. The van der Waals surface area contributed by atoms with Crippen molar-refractivity contribution in [3.05, 3.63) is 63.4 Å². The van der Waals surface area contributed by atoms with Crippen molar-refractivity contribution in [2.24, 2.45) is 5.92 Å². The monoisotopic (exact) mass is 600 g/mol. The van der Waals surface area contributed by atoms with Gasteiger partial charge in [0.1, 0.15) is 23.8 Å². The molecule has 0 spiro atoms. The van der Waals surface area contributed by atoms with Crippen molar-refractivity contribution in [1.29, 1.82) is 0 Å². The maximum absolute atomic E-state index is 15.1. The molecule has 2 atom stereocenters. The minimum absolute atomic E-state index is 0.0401. The van der Waals surface area contributed by atoms with Gasteiger partial charge >= 0.3 is 12.1 Å². The summed E-state index contributed by atoms with van der Waals surface area (Å²) in [6.45, 7) is 1.55. The normalized spacial score (nSPS) is 22.2. The summed E-state index contributed by atoms with van der Waals surface area (Å²) < 4.78 is 74.5. The maximum Gasteiger partial charge on any atom is 0.416 e. The summed E-state index contributed by atoms with van der Waals surface area (Å²) in [7, 11) is 0. The Kier molecular flexibility index (Phi) is 8.48.